The standard InChI is InChI=1S/C11H18IN/c1-4-11(3)8-5-6-10(2,7-8)9(11)13-12/h8H,4-7H2,1-3H3/b13-9+/t8-,10+,11+/m1/s1. The Morgan fingerprint density at radius 1 is 1.54 bits per heavy atom. The minimum Gasteiger partial charge on any atom is -0.223 e. The number of rotatable bonds is 1. The van der Waals surface area contributed by atoms with Crippen molar-refractivity contribution >= 4 is 28.6 Å². The highest BCUT2D eigenvalue weighted by Gasteiger charge is 2.58. The van der Waals surface area contributed by atoms with E-state index in [1.165, 1.54) is 31.4 Å². The lowest BCUT2D eigenvalue weighted by molar-refractivity contribution is 0.292. The third kappa shape index (κ3) is 1.13. The van der Waals surface area contributed by atoms with Crippen LogP contribution in [0.4, 0.5) is 0 Å². The summed E-state index contributed by atoms with van der Waals surface area (Å²) >= 11 is 2.20. The Morgan fingerprint density at radius 2 is 2.23 bits per heavy atom. The van der Waals surface area contributed by atoms with Crippen molar-refractivity contribution in [1.82, 2.24) is 0 Å². The fraction of sp³-hybridized carbons (Fsp3) is 0.909. The first-order chi connectivity index (χ1) is 6.07. The second-order valence-electron chi connectivity index (χ2n) is 5.20. The zero-order valence-electron chi connectivity index (χ0n) is 8.73. The highest BCUT2D eigenvalue weighted by molar-refractivity contribution is 14.1. The van der Waals surface area contributed by atoms with E-state index in [1.807, 2.05) is 0 Å². The van der Waals surface area contributed by atoms with Crippen molar-refractivity contribution in [3.8, 4) is 0 Å². The molecule has 2 bridgehead atoms. The maximum atomic E-state index is 4.55. The average Bonchev–Trinajstić information content (AvgIpc) is 2.57. The summed E-state index contributed by atoms with van der Waals surface area (Å²) in [5, 5.41) is 0. The molecule has 2 rings (SSSR count). The van der Waals surface area contributed by atoms with E-state index < -0.39 is 0 Å². The highest BCUT2D eigenvalue weighted by atomic mass is 127. The van der Waals surface area contributed by atoms with Crippen LogP contribution in [0.1, 0.15) is 46.5 Å². The minimum absolute atomic E-state index is 0.425. The zero-order chi connectivity index (χ0) is 9.69. The molecule has 0 heterocycles. The van der Waals surface area contributed by atoms with E-state index in [0.29, 0.717) is 10.8 Å². The number of nitrogens with zero attached hydrogens (tertiary/aromatic N) is 1. The first-order valence-electron chi connectivity index (χ1n) is 5.27. The summed E-state index contributed by atoms with van der Waals surface area (Å²) in [4.78, 5) is 0. The Hall–Kier alpha value is 0.400. The summed E-state index contributed by atoms with van der Waals surface area (Å²) in [5.74, 6) is 0.913. The largest absolute Gasteiger partial charge is 0.223 e. The lowest BCUT2D eigenvalue weighted by Gasteiger charge is -2.37. The third-order valence-electron chi connectivity index (χ3n) is 4.57. The summed E-state index contributed by atoms with van der Waals surface area (Å²) in [7, 11) is 0. The van der Waals surface area contributed by atoms with E-state index in [0.717, 1.165) is 5.92 Å². The van der Waals surface area contributed by atoms with Crippen LogP contribution in [0.3, 0.4) is 0 Å². The van der Waals surface area contributed by atoms with E-state index in [1.54, 1.807) is 0 Å². The lowest BCUT2D eigenvalue weighted by Crippen LogP contribution is -2.37. The summed E-state index contributed by atoms with van der Waals surface area (Å²) < 4.78 is 4.55. The molecule has 0 aliphatic heterocycles. The number of hydrogen-bond acceptors (Lipinski definition) is 1. The van der Waals surface area contributed by atoms with Crippen LogP contribution < -0.4 is 0 Å². The Balaban J connectivity index is 2.43. The Kier molecular flexibility index (Phi) is 2.25. The van der Waals surface area contributed by atoms with Crippen molar-refractivity contribution in [2.75, 3.05) is 0 Å². The van der Waals surface area contributed by atoms with E-state index in [9.17, 15) is 0 Å². The fourth-order valence-corrected chi connectivity index (χ4v) is 4.67. The van der Waals surface area contributed by atoms with Crippen molar-refractivity contribution in [3.05, 3.63) is 0 Å². The van der Waals surface area contributed by atoms with Crippen LogP contribution in [0.5, 0.6) is 0 Å². The van der Waals surface area contributed by atoms with Crippen LogP contribution in [-0.4, -0.2) is 5.71 Å². The summed E-state index contributed by atoms with van der Waals surface area (Å²) in [6.45, 7) is 7.14. The molecule has 0 N–H and O–H groups in total. The Bertz CT molecular complexity index is 261. The molecule has 2 aliphatic carbocycles. The molecule has 0 amide bonds. The maximum absolute atomic E-state index is 4.55. The zero-order valence-corrected chi connectivity index (χ0v) is 10.9. The molecular weight excluding hydrogens is 273 g/mol. The fourth-order valence-electron chi connectivity index (χ4n) is 3.54. The van der Waals surface area contributed by atoms with Gasteiger partial charge in [0.1, 0.15) is 0 Å². The number of fused-ring (bicyclic) bond motifs is 2. The summed E-state index contributed by atoms with van der Waals surface area (Å²) in [6, 6.07) is 0. The van der Waals surface area contributed by atoms with Gasteiger partial charge < -0.3 is 0 Å². The summed E-state index contributed by atoms with van der Waals surface area (Å²) in [5.41, 5.74) is 2.38. The molecule has 2 heteroatoms. The topological polar surface area (TPSA) is 12.4 Å². The first kappa shape index (κ1) is 9.94. The summed E-state index contributed by atoms with van der Waals surface area (Å²) in [6.07, 6.45) is 5.44. The molecule has 0 saturated heterocycles. The van der Waals surface area contributed by atoms with Crippen LogP contribution in [0, 0.1) is 16.7 Å². The van der Waals surface area contributed by atoms with Crippen LogP contribution in [-0.2, 0) is 0 Å². The molecule has 2 saturated carbocycles. The molecule has 0 aromatic heterocycles. The van der Waals surface area contributed by atoms with E-state index >= 15 is 0 Å². The van der Waals surface area contributed by atoms with Crippen LogP contribution in [0.2, 0.25) is 0 Å². The van der Waals surface area contributed by atoms with Gasteiger partial charge in [0.15, 0.2) is 0 Å². The number of halogens is 1. The second kappa shape index (κ2) is 2.94. The lowest BCUT2D eigenvalue weighted by atomic mass is 9.68. The smallest absolute Gasteiger partial charge is 0.0830 e. The molecule has 0 unspecified atom stereocenters. The molecule has 0 aromatic rings. The van der Waals surface area contributed by atoms with Crippen molar-refractivity contribution in [1.29, 1.82) is 0 Å². The van der Waals surface area contributed by atoms with Crippen LogP contribution in [0.15, 0.2) is 3.21 Å². The quantitative estimate of drug-likeness (QED) is 0.647. The molecule has 3 atom stereocenters. The van der Waals surface area contributed by atoms with Gasteiger partial charge in [-0.15, -0.1) is 0 Å². The highest BCUT2D eigenvalue weighted by Crippen LogP contribution is 2.62. The van der Waals surface area contributed by atoms with Gasteiger partial charge in [-0.2, -0.15) is 0 Å². The average molecular weight is 291 g/mol. The predicted octanol–water partition coefficient (Wildman–Crippen LogP) is 4.01. The van der Waals surface area contributed by atoms with Gasteiger partial charge in [0.05, 0.1) is 22.9 Å². The van der Waals surface area contributed by atoms with Gasteiger partial charge in [0, 0.05) is 16.5 Å². The third-order valence-corrected chi connectivity index (χ3v) is 5.06. The molecule has 2 fully saturated rings. The van der Waals surface area contributed by atoms with Gasteiger partial charge in [-0.3, -0.25) is 0 Å². The van der Waals surface area contributed by atoms with Crippen molar-refractivity contribution in [3.63, 3.8) is 0 Å². The molecule has 13 heavy (non-hydrogen) atoms. The molecule has 74 valence electrons. The Labute approximate surface area is 94.9 Å². The maximum Gasteiger partial charge on any atom is 0.0830 e. The molecular formula is C11H18IN. The van der Waals surface area contributed by atoms with Gasteiger partial charge >= 0.3 is 0 Å². The minimum atomic E-state index is 0.425. The van der Waals surface area contributed by atoms with Crippen molar-refractivity contribution in [2.45, 2.75) is 46.5 Å². The van der Waals surface area contributed by atoms with Crippen LogP contribution >= 0.6 is 22.9 Å². The number of hydrogen-bond donors (Lipinski definition) is 0. The van der Waals surface area contributed by atoms with Gasteiger partial charge in [0.25, 0.3) is 0 Å². The van der Waals surface area contributed by atoms with E-state index in [-0.39, 0.29) is 0 Å². The first-order valence-corrected chi connectivity index (χ1v) is 6.23. The van der Waals surface area contributed by atoms with Gasteiger partial charge in [-0.25, -0.2) is 3.21 Å². The molecule has 2 aliphatic rings. The monoisotopic (exact) mass is 291 g/mol. The molecule has 1 nitrogen and oxygen atoms in total. The molecule has 0 spiro atoms. The molecule has 0 aromatic carbocycles. The normalized spacial score (nSPS) is 52.0. The Morgan fingerprint density at radius 3 is 2.69 bits per heavy atom. The second-order valence-corrected chi connectivity index (χ2v) is 5.69. The van der Waals surface area contributed by atoms with Crippen LogP contribution in [0.25, 0.3) is 0 Å². The SMILES string of the molecule is CC[C@]1(C)/C(=N/I)[C@@]2(C)CC[C@@H]1C2. The van der Waals surface area contributed by atoms with Gasteiger partial charge in [-0.1, -0.05) is 20.8 Å². The van der Waals surface area contributed by atoms with E-state index in [4.69, 9.17) is 0 Å². The predicted molar refractivity (Wildman–Crippen MR) is 65.3 cm³/mol. The van der Waals surface area contributed by atoms with Gasteiger partial charge in [-0.05, 0) is 31.6 Å². The van der Waals surface area contributed by atoms with Crippen molar-refractivity contribution in [2.24, 2.45) is 20.0 Å². The molecule has 0 radical (unpaired) electrons. The van der Waals surface area contributed by atoms with Gasteiger partial charge in [0.2, 0.25) is 0 Å². The van der Waals surface area contributed by atoms with Crippen molar-refractivity contribution < 1.29 is 0 Å². The van der Waals surface area contributed by atoms with E-state index in [2.05, 4.69) is 46.8 Å².